The van der Waals surface area contributed by atoms with Gasteiger partial charge >= 0.3 is 0 Å². The summed E-state index contributed by atoms with van der Waals surface area (Å²) in [5.74, 6) is 1.82. The Balaban J connectivity index is 1.98. The highest BCUT2D eigenvalue weighted by Crippen LogP contribution is 2.12. The summed E-state index contributed by atoms with van der Waals surface area (Å²) >= 11 is 0. The van der Waals surface area contributed by atoms with E-state index in [0.717, 1.165) is 57.2 Å². The van der Waals surface area contributed by atoms with E-state index in [0.29, 0.717) is 0 Å². The molecule has 0 unspecified atom stereocenters. The molecule has 0 saturated carbocycles. The Kier molecular flexibility index (Phi) is 4.46. The van der Waals surface area contributed by atoms with Gasteiger partial charge in [-0.15, -0.1) is 0 Å². The molecule has 0 atom stereocenters. The number of nitrogens with one attached hydrogen (secondary N) is 1. The molecule has 18 heavy (non-hydrogen) atoms. The molecule has 0 radical (unpaired) electrons. The van der Waals surface area contributed by atoms with Crippen molar-refractivity contribution < 1.29 is 4.79 Å². The van der Waals surface area contributed by atoms with Gasteiger partial charge in [-0.3, -0.25) is 4.79 Å². The number of hydrogen-bond acceptors (Lipinski definition) is 5. The van der Waals surface area contributed by atoms with Crippen LogP contribution in [0.15, 0.2) is 12.3 Å². The Morgan fingerprint density at radius 3 is 2.83 bits per heavy atom. The van der Waals surface area contributed by atoms with Crippen LogP contribution in [0.25, 0.3) is 0 Å². The fraction of sp³-hybridized carbons (Fsp3) is 0.583. The molecule has 2 heterocycles. The summed E-state index contributed by atoms with van der Waals surface area (Å²) in [4.78, 5) is 23.5. The normalized spacial score (nSPS) is 15.8. The first-order valence-electron chi connectivity index (χ1n) is 6.24. The van der Waals surface area contributed by atoms with E-state index in [1.54, 1.807) is 11.1 Å². The number of carbonyl (C=O) groups excluding carboxylic acids is 1. The molecular formula is C12H19N5O. The summed E-state index contributed by atoms with van der Waals surface area (Å²) in [7, 11) is 1.92. The molecule has 1 N–H and O–H groups in total. The average Bonchev–Trinajstić information content (AvgIpc) is 2.45. The zero-order valence-electron chi connectivity index (χ0n) is 10.7. The first-order valence-corrected chi connectivity index (χ1v) is 6.24. The number of likely N-dealkylation sites (N-methyl/N-ethyl adjacent to an activating group) is 1. The van der Waals surface area contributed by atoms with E-state index in [1.165, 1.54) is 0 Å². The number of piperazine rings is 1. The van der Waals surface area contributed by atoms with E-state index < -0.39 is 0 Å². The second-order valence-electron chi connectivity index (χ2n) is 4.31. The Morgan fingerprint density at radius 2 is 2.17 bits per heavy atom. The summed E-state index contributed by atoms with van der Waals surface area (Å²) in [5, 5.41) is 3.09. The van der Waals surface area contributed by atoms with E-state index in [1.807, 2.05) is 13.1 Å². The van der Waals surface area contributed by atoms with Crippen molar-refractivity contribution in [2.45, 2.75) is 6.42 Å². The van der Waals surface area contributed by atoms with Crippen molar-refractivity contribution in [3.63, 3.8) is 0 Å². The van der Waals surface area contributed by atoms with Crippen molar-refractivity contribution in [2.24, 2.45) is 0 Å². The summed E-state index contributed by atoms with van der Waals surface area (Å²) in [6, 6.07) is 1.93. The van der Waals surface area contributed by atoms with Gasteiger partial charge in [0.2, 0.25) is 6.41 Å². The molecule has 1 saturated heterocycles. The van der Waals surface area contributed by atoms with Crippen molar-refractivity contribution in [3.8, 4) is 0 Å². The van der Waals surface area contributed by atoms with Crippen LogP contribution in [0.5, 0.6) is 0 Å². The molecule has 2 rings (SSSR count). The van der Waals surface area contributed by atoms with Gasteiger partial charge in [-0.25, -0.2) is 9.97 Å². The summed E-state index contributed by atoms with van der Waals surface area (Å²) in [5.41, 5.74) is 0. The maximum absolute atomic E-state index is 10.7. The van der Waals surface area contributed by atoms with E-state index in [9.17, 15) is 4.79 Å². The van der Waals surface area contributed by atoms with Crippen LogP contribution in [-0.2, 0) is 11.2 Å². The van der Waals surface area contributed by atoms with E-state index in [2.05, 4.69) is 20.2 Å². The minimum Gasteiger partial charge on any atom is -0.353 e. The maximum atomic E-state index is 10.7. The number of aromatic nitrogens is 2. The average molecular weight is 249 g/mol. The predicted molar refractivity (Wildman–Crippen MR) is 69.5 cm³/mol. The molecule has 6 nitrogen and oxygen atoms in total. The largest absolute Gasteiger partial charge is 0.353 e. The minimum atomic E-state index is 0.763. The van der Waals surface area contributed by atoms with Crippen molar-refractivity contribution in [1.29, 1.82) is 0 Å². The topological polar surface area (TPSA) is 61.4 Å². The quantitative estimate of drug-likeness (QED) is 0.714. The molecule has 98 valence electrons. The van der Waals surface area contributed by atoms with Crippen molar-refractivity contribution in [1.82, 2.24) is 20.2 Å². The molecule has 0 aliphatic carbocycles. The lowest BCUT2D eigenvalue weighted by Gasteiger charge is -2.33. The van der Waals surface area contributed by atoms with Crippen LogP contribution in [0.2, 0.25) is 0 Å². The predicted octanol–water partition coefficient (Wildman–Crippen LogP) is -0.483. The highest BCUT2D eigenvalue weighted by Gasteiger charge is 2.16. The van der Waals surface area contributed by atoms with E-state index in [-0.39, 0.29) is 0 Å². The Hall–Kier alpha value is -1.69. The van der Waals surface area contributed by atoms with Crippen LogP contribution in [0.4, 0.5) is 5.82 Å². The molecule has 1 aliphatic heterocycles. The van der Waals surface area contributed by atoms with Gasteiger partial charge in [-0.05, 0) is 13.1 Å². The van der Waals surface area contributed by atoms with Gasteiger partial charge in [0.1, 0.15) is 11.6 Å². The second kappa shape index (κ2) is 6.30. The summed E-state index contributed by atoms with van der Waals surface area (Å²) < 4.78 is 0. The monoisotopic (exact) mass is 249 g/mol. The molecule has 0 bridgehead atoms. The lowest BCUT2D eigenvalue weighted by Crippen LogP contribution is -2.46. The molecule has 1 aromatic heterocycles. The van der Waals surface area contributed by atoms with Gasteiger partial charge < -0.3 is 15.1 Å². The second-order valence-corrected chi connectivity index (χ2v) is 4.31. The molecule has 1 amide bonds. The van der Waals surface area contributed by atoms with Gasteiger partial charge in [-0.2, -0.15) is 0 Å². The van der Waals surface area contributed by atoms with E-state index in [4.69, 9.17) is 0 Å². The SMILES string of the molecule is CNCCc1nccc(N2CCN(C=O)CC2)n1. The number of anilines is 1. The van der Waals surface area contributed by atoms with Crippen molar-refractivity contribution in [2.75, 3.05) is 44.7 Å². The van der Waals surface area contributed by atoms with Crippen LogP contribution in [0.3, 0.4) is 0 Å². The Morgan fingerprint density at radius 1 is 1.39 bits per heavy atom. The highest BCUT2D eigenvalue weighted by molar-refractivity contribution is 5.49. The van der Waals surface area contributed by atoms with Gasteiger partial charge in [0.15, 0.2) is 0 Å². The van der Waals surface area contributed by atoms with Crippen LogP contribution < -0.4 is 10.2 Å². The lowest BCUT2D eigenvalue weighted by atomic mass is 10.3. The van der Waals surface area contributed by atoms with Crippen molar-refractivity contribution in [3.05, 3.63) is 18.1 Å². The fourth-order valence-corrected chi connectivity index (χ4v) is 1.98. The molecule has 6 heteroatoms. The number of hydrogen-bond donors (Lipinski definition) is 1. The van der Waals surface area contributed by atoms with Gasteiger partial charge in [0.05, 0.1) is 0 Å². The Labute approximate surface area is 107 Å². The molecular weight excluding hydrogens is 230 g/mol. The number of carbonyl (C=O) groups is 1. The van der Waals surface area contributed by atoms with E-state index >= 15 is 0 Å². The first-order chi connectivity index (χ1) is 8.83. The number of rotatable bonds is 5. The molecule has 0 spiro atoms. The third kappa shape index (κ3) is 3.16. The zero-order chi connectivity index (χ0) is 12.8. The number of nitrogens with zero attached hydrogens (tertiary/aromatic N) is 4. The third-order valence-electron chi connectivity index (χ3n) is 3.08. The van der Waals surface area contributed by atoms with Crippen LogP contribution in [0, 0.1) is 0 Å². The van der Waals surface area contributed by atoms with Crippen molar-refractivity contribution >= 4 is 12.2 Å². The molecule has 1 fully saturated rings. The van der Waals surface area contributed by atoms with Crippen LogP contribution in [-0.4, -0.2) is 61.0 Å². The van der Waals surface area contributed by atoms with Gasteiger partial charge in [0.25, 0.3) is 0 Å². The lowest BCUT2D eigenvalue weighted by molar-refractivity contribution is -0.118. The minimum absolute atomic E-state index is 0.763. The molecule has 1 aromatic rings. The smallest absolute Gasteiger partial charge is 0.209 e. The molecule has 0 aromatic carbocycles. The third-order valence-corrected chi connectivity index (χ3v) is 3.08. The van der Waals surface area contributed by atoms with Gasteiger partial charge in [0, 0.05) is 45.3 Å². The standard InChI is InChI=1S/C12H19N5O/c1-13-4-2-11-14-5-3-12(15-11)17-8-6-16(10-18)7-9-17/h3,5,10,13H,2,4,6-9H2,1H3. The fourth-order valence-electron chi connectivity index (χ4n) is 1.98. The van der Waals surface area contributed by atoms with Gasteiger partial charge in [-0.1, -0.05) is 0 Å². The van der Waals surface area contributed by atoms with Crippen LogP contribution in [0.1, 0.15) is 5.82 Å². The summed E-state index contributed by atoms with van der Waals surface area (Å²) in [6.07, 6.45) is 3.55. The van der Waals surface area contributed by atoms with Crippen LogP contribution >= 0.6 is 0 Å². The zero-order valence-corrected chi connectivity index (χ0v) is 10.7. The summed E-state index contributed by atoms with van der Waals surface area (Å²) in [6.45, 7) is 4.07. The maximum Gasteiger partial charge on any atom is 0.209 e. The number of amides is 1. The highest BCUT2D eigenvalue weighted by atomic mass is 16.1. The molecule has 1 aliphatic rings. The Bertz CT molecular complexity index is 390. The first kappa shape index (κ1) is 12.8.